The summed E-state index contributed by atoms with van der Waals surface area (Å²) in [6.45, 7) is 3.52. The van der Waals surface area contributed by atoms with E-state index in [-0.39, 0.29) is 0 Å². The van der Waals surface area contributed by atoms with E-state index in [4.69, 9.17) is 0 Å². The molecular weight excluding hydrogens is 144 g/mol. The van der Waals surface area contributed by atoms with Gasteiger partial charge in [0.2, 0.25) is 0 Å². The van der Waals surface area contributed by atoms with Gasteiger partial charge >= 0.3 is 0 Å². The largest absolute Gasteiger partial charge is 0.314 e. The van der Waals surface area contributed by atoms with Gasteiger partial charge in [-0.3, -0.25) is 0 Å². The summed E-state index contributed by atoms with van der Waals surface area (Å²) in [4.78, 5) is 0. The molecule has 0 aromatic rings. The Labute approximate surface area is 67.1 Å². The van der Waals surface area contributed by atoms with Gasteiger partial charge in [-0.2, -0.15) is 11.8 Å². The molecule has 1 saturated heterocycles. The Kier molecular flexibility index (Phi) is 4.18. The first-order valence-corrected chi connectivity index (χ1v) is 5.26. The molecule has 0 aromatic heterocycles. The van der Waals surface area contributed by atoms with Crippen LogP contribution in [0, 0.1) is 0 Å². The molecule has 1 aliphatic heterocycles. The highest BCUT2D eigenvalue weighted by molar-refractivity contribution is 7.98. The predicted octanol–water partition coefficient (Wildman–Crippen LogP) is 0.301. The van der Waals surface area contributed by atoms with E-state index in [0.29, 0.717) is 0 Å². The van der Waals surface area contributed by atoms with Crippen LogP contribution >= 0.6 is 11.8 Å². The molecule has 0 amide bonds. The molecule has 2 N–H and O–H groups in total. The first kappa shape index (κ1) is 8.37. The van der Waals surface area contributed by atoms with Crippen molar-refractivity contribution in [1.29, 1.82) is 0 Å². The fourth-order valence-corrected chi connectivity index (χ4v) is 1.32. The Bertz CT molecular complexity index is 83.7. The fraction of sp³-hybridized carbons (Fsp3) is 1.00. The molecule has 0 bridgehead atoms. The van der Waals surface area contributed by atoms with Crippen molar-refractivity contribution in [2.45, 2.75) is 12.5 Å². The van der Waals surface area contributed by atoms with Crippen LogP contribution in [-0.4, -0.2) is 37.7 Å². The summed E-state index contributed by atoms with van der Waals surface area (Å²) in [5, 5.41) is 6.76. The summed E-state index contributed by atoms with van der Waals surface area (Å²) in [5.41, 5.74) is 0. The van der Waals surface area contributed by atoms with Crippen molar-refractivity contribution in [3.8, 4) is 0 Å². The second kappa shape index (κ2) is 4.99. The Hall–Kier alpha value is 0.270. The third kappa shape index (κ3) is 2.90. The maximum Gasteiger partial charge on any atom is 0.0204 e. The lowest BCUT2D eigenvalue weighted by atomic mass is 10.1. The van der Waals surface area contributed by atoms with Crippen LogP contribution in [0.5, 0.6) is 0 Å². The van der Waals surface area contributed by atoms with Crippen molar-refractivity contribution in [2.75, 3.05) is 31.6 Å². The van der Waals surface area contributed by atoms with Crippen molar-refractivity contribution < 1.29 is 0 Å². The molecule has 1 rings (SSSR count). The van der Waals surface area contributed by atoms with E-state index < -0.39 is 0 Å². The van der Waals surface area contributed by atoms with E-state index in [9.17, 15) is 0 Å². The van der Waals surface area contributed by atoms with Crippen molar-refractivity contribution >= 4 is 11.8 Å². The van der Waals surface area contributed by atoms with Crippen molar-refractivity contribution in [1.82, 2.24) is 10.6 Å². The van der Waals surface area contributed by atoms with Gasteiger partial charge in [-0.05, 0) is 19.2 Å². The van der Waals surface area contributed by atoms with Gasteiger partial charge in [-0.1, -0.05) is 0 Å². The minimum Gasteiger partial charge on any atom is -0.314 e. The Morgan fingerprint density at radius 3 is 3.00 bits per heavy atom. The molecule has 0 aliphatic carbocycles. The van der Waals surface area contributed by atoms with Crippen LogP contribution in [-0.2, 0) is 0 Å². The summed E-state index contributed by atoms with van der Waals surface area (Å²) < 4.78 is 0. The van der Waals surface area contributed by atoms with Gasteiger partial charge in [0.25, 0.3) is 0 Å². The van der Waals surface area contributed by atoms with E-state index in [1.165, 1.54) is 18.7 Å². The van der Waals surface area contributed by atoms with Gasteiger partial charge in [-0.15, -0.1) is 0 Å². The molecule has 0 radical (unpaired) electrons. The molecule has 0 saturated carbocycles. The Morgan fingerprint density at radius 2 is 2.50 bits per heavy atom. The zero-order valence-corrected chi connectivity index (χ0v) is 7.34. The van der Waals surface area contributed by atoms with Crippen LogP contribution in [0.1, 0.15) is 6.42 Å². The lowest BCUT2D eigenvalue weighted by Gasteiger charge is -2.27. The quantitative estimate of drug-likeness (QED) is 0.566. The molecular formula is C7H16N2S. The Balaban J connectivity index is 1.76. The molecule has 1 unspecified atom stereocenters. The standard InChI is InChI=1S/C7H16N2S/c1-10-5-4-8-6-7-2-3-9-7/h7-9H,2-6H2,1H3. The third-order valence-electron chi connectivity index (χ3n) is 1.80. The molecule has 0 spiro atoms. The number of hydrogen-bond acceptors (Lipinski definition) is 3. The second-order valence-electron chi connectivity index (χ2n) is 2.64. The summed E-state index contributed by atoms with van der Waals surface area (Å²) in [6.07, 6.45) is 3.50. The Morgan fingerprint density at radius 1 is 1.70 bits per heavy atom. The van der Waals surface area contributed by atoms with Crippen molar-refractivity contribution in [3.05, 3.63) is 0 Å². The highest BCUT2D eigenvalue weighted by Gasteiger charge is 2.14. The third-order valence-corrected chi connectivity index (χ3v) is 2.41. The SMILES string of the molecule is CSCCNCC1CCN1. The van der Waals surface area contributed by atoms with E-state index in [0.717, 1.165) is 19.1 Å². The second-order valence-corrected chi connectivity index (χ2v) is 3.62. The van der Waals surface area contributed by atoms with Crippen molar-refractivity contribution in [2.24, 2.45) is 0 Å². The molecule has 2 nitrogen and oxygen atoms in total. The average Bonchev–Trinajstić information content (AvgIpc) is 1.84. The summed E-state index contributed by atoms with van der Waals surface area (Å²) in [7, 11) is 0. The maximum atomic E-state index is 3.40. The first-order chi connectivity index (χ1) is 4.93. The van der Waals surface area contributed by atoms with Gasteiger partial charge in [0.05, 0.1) is 0 Å². The maximum absolute atomic E-state index is 3.40. The topological polar surface area (TPSA) is 24.1 Å². The van der Waals surface area contributed by atoms with Gasteiger partial charge in [0.1, 0.15) is 0 Å². The van der Waals surface area contributed by atoms with Crippen LogP contribution < -0.4 is 10.6 Å². The van der Waals surface area contributed by atoms with Crippen LogP contribution in [0.3, 0.4) is 0 Å². The summed E-state index contributed by atoms with van der Waals surface area (Å²) in [6, 6.07) is 0.766. The van der Waals surface area contributed by atoms with Crippen LogP contribution in [0.15, 0.2) is 0 Å². The van der Waals surface area contributed by atoms with Gasteiger partial charge in [0.15, 0.2) is 0 Å². The zero-order chi connectivity index (χ0) is 7.23. The lowest BCUT2D eigenvalue weighted by molar-refractivity contribution is 0.357. The van der Waals surface area contributed by atoms with Gasteiger partial charge < -0.3 is 10.6 Å². The highest BCUT2D eigenvalue weighted by Crippen LogP contribution is 1.98. The van der Waals surface area contributed by atoms with E-state index in [1.807, 2.05) is 11.8 Å². The average molecular weight is 160 g/mol. The first-order valence-electron chi connectivity index (χ1n) is 3.86. The summed E-state index contributed by atoms with van der Waals surface area (Å²) in [5.74, 6) is 1.23. The number of rotatable bonds is 5. The van der Waals surface area contributed by atoms with Crippen LogP contribution in [0.4, 0.5) is 0 Å². The predicted molar refractivity (Wildman–Crippen MR) is 47.7 cm³/mol. The molecule has 3 heteroatoms. The number of hydrogen-bond donors (Lipinski definition) is 2. The van der Waals surface area contributed by atoms with Gasteiger partial charge in [-0.25, -0.2) is 0 Å². The van der Waals surface area contributed by atoms with Crippen molar-refractivity contribution in [3.63, 3.8) is 0 Å². The minimum absolute atomic E-state index is 0.766. The fourth-order valence-electron chi connectivity index (χ4n) is 0.973. The zero-order valence-electron chi connectivity index (χ0n) is 6.52. The molecule has 1 aliphatic rings. The van der Waals surface area contributed by atoms with E-state index >= 15 is 0 Å². The lowest BCUT2D eigenvalue weighted by Crippen LogP contribution is -2.49. The molecule has 0 aromatic carbocycles. The molecule has 60 valence electrons. The van der Waals surface area contributed by atoms with Crippen LogP contribution in [0.2, 0.25) is 0 Å². The number of thioether (sulfide) groups is 1. The molecule has 1 atom stereocenters. The van der Waals surface area contributed by atoms with E-state index in [1.54, 1.807) is 0 Å². The van der Waals surface area contributed by atoms with Gasteiger partial charge in [0, 0.05) is 24.9 Å². The minimum atomic E-state index is 0.766. The van der Waals surface area contributed by atoms with Crippen LogP contribution in [0.25, 0.3) is 0 Å². The monoisotopic (exact) mass is 160 g/mol. The number of nitrogens with one attached hydrogen (secondary N) is 2. The van der Waals surface area contributed by atoms with E-state index in [2.05, 4.69) is 16.9 Å². The molecule has 1 heterocycles. The summed E-state index contributed by atoms with van der Waals surface area (Å²) >= 11 is 1.90. The molecule has 1 fully saturated rings. The highest BCUT2D eigenvalue weighted by atomic mass is 32.2. The smallest absolute Gasteiger partial charge is 0.0204 e. The molecule has 10 heavy (non-hydrogen) atoms. The normalized spacial score (nSPS) is 24.3.